The van der Waals surface area contributed by atoms with Gasteiger partial charge in [-0.25, -0.2) is 13.8 Å². The molecule has 0 bridgehead atoms. The fourth-order valence-electron chi connectivity index (χ4n) is 6.00. The third-order valence-electron chi connectivity index (χ3n) is 9.70. The third kappa shape index (κ3) is 5.76. The van der Waals surface area contributed by atoms with Gasteiger partial charge in [-0.1, -0.05) is 11.6 Å². The molecule has 7 rings (SSSR count). The highest BCUT2D eigenvalue weighted by Gasteiger charge is 2.51. The van der Waals surface area contributed by atoms with Gasteiger partial charge in [0.05, 0.1) is 27.9 Å². The average Bonchev–Trinajstić information content (AvgIpc) is 3.96. The van der Waals surface area contributed by atoms with E-state index in [0.717, 1.165) is 19.1 Å². The van der Waals surface area contributed by atoms with Gasteiger partial charge in [-0.05, 0) is 74.9 Å². The van der Waals surface area contributed by atoms with Crippen LogP contribution in [0.2, 0.25) is 5.02 Å². The molecule has 3 saturated carbocycles. The number of aliphatic imine (C=N–C) groups is 1. The summed E-state index contributed by atoms with van der Waals surface area (Å²) in [7, 11) is 0. The largest absolute Gasteiger partial charge is 0.489 e. The van der Waals surface area contributed by atoms with Crippen molar-refractivity contribution in [3.63, 3.8) is 0 Å². The number of aromatic nitrogens is 1. The van der Waals surface area contributed by atoms with E-state index in [9.17, 15) is 23.2 Å². The Balaban J connectivity index is 1.26. The number of fused-ring (bicyclic) bond motifs is 1. The number of aldehydes is 1. The summed E-state index contributed by atoms with van der Waals surface area (Å²) in [6.45, 7) is 1.45. The molecule has 0 radical (unpaired) electrons. The van der Waals surface area contributed by atoms with Crippen LogP contribution in [0.5, 0.6) is 11.5 Å². The zero-order chi connectivity index (χ0) is 34.0. The van der Waals surface area contributed by atoms with Crippen molar-refractivity contribution < 1.29 is 32.6 Å². The molecule has 1 aliphatic heterocycles. The Hall–Kier alpha value is -4.58. The smallest absolute Gasteiger partial charge is 0.251 e. The minimum atomic E-state index is -1.62. The molecule has 5 N–H and O–H groups in total. The number of ether oxygens (including phenoxy) is 2. The highest BCUT2D eigenvalue weighted by atomic mass is 35.5. The number of amides is 2. The number of pyridine rings is 1. The summed E-state index contributed by atoms with van der Waals surface area (Å²) in [5, 5.41) is 2.76. The Labute approximate surface area is 280 Å². The molecule has 2 amide bonds. The van der Waals surface area contributed by atoms with Gasteiger partial charge < -0.3 is 31.1 Å². The molecule has 0 unspecified atom stereocenters. The number of primary amides is 1. The number of anilines is 1. The molecule has 2 aromatic carbocycles. The first-order valence-electron chi connectivity index (χ1n) is 15.9. The van der Waals surface area contributed by atoms with Gasteiger partial charge in [0.1, 0.15) is 41.3 Å². The maximum Gasteiger partial charge on any atom is 0.251 e. The van der Waals surface area contributed by atoms with Crippen molar-refractivity contribution >= 4 is 41.6 Å². The number of alkyl halides is 1. The second kappa shape index (κ2) is 11.5. The van der Waals surface area contributed by atoms with Crippen LogP contribution in [0.4, 0.5) is 14.5 Å². The summed E-state index contributed by atoms with van der Waals surface area (Å²) < 4.78 is 40.4. The number of nitrogens with two attached hydrogens (primary N) is 2. The molecule has 4 aliphatic rings. The monoisotopic (exact) mass is 677 g/mol. The number of nitrogens with zero attached hydrogens (tertiary/aromatic N) is 2. The number of hydrogen-bond donors (Lipinski definition) is 3. The van der Waals surface area contributed by atoms with Crippen LogP contribution in [0.3, 0.4) is 0 Å². The van der Waals surface area contributed by atoms with Gasteiger partial charge >= 0.3 is 0 Å². The second-order valence-corrected chi connectivity index (χ2v) is 13.8. The molecule has 250 valence electrons. The normalized spacial score (nSPS) is 22.0. The molecule has 13 heteroatoms. The van der Waals surface area contributed by atoms with Gasteiger partial charge in [-0.3, -0.25) is 14.6 Å². The number of hydrogen-bond acceptors (Lipinski definition) is 8. The number of carbonyl (C=O) groups is 3. The van der Waals surface area contributed by atoms with Crippen molar-refractivity contribution in [1.82, 2.24) is 10.3 Å². The molecule has 0 saturated heterocycles. The zero-order valence-corrected chi connectivity index (χ0v) is 26.9. The van der Waals surface area contributed by atoms with Crippen molar-refractivity contribution in [3.05, 3.63) is 69.6 Å². The van der Waals surface area contributed by atoms with E-state index in [1.54, 1.807) is 13.0 Å². The van der Waals surface area contributed by atoms with Crippen molar-refractivity contribution in [2.75, 3.05) is 18.9 Å². The summed E-state index contributed by atoms with van der Waals surface area (Å²) >= 11 is 6.12. The fourth-order valence-corrected chi connectivity index (χ4v) is 6.18. The Morgan fingerprint density at radius 2 is 1.96 bits per heavy atom. The maximum absolute atomic E-state index is 14.3. The molecule has 3 fully saturated rings. The fraction of sp³-hybridized carbons (Fsp3) is 0.400. The lowest BCUT2D eigenvalue weighted by Gasteiger charge is -2.30. The van der Waals surface area contributed by atoms with Crippen molar-refractivity contribution in [2.45, 2.75) is 68.2 Å². The number of rotatable bonds is 12. The van der Waals surface area contributed by atoms with Gasteiger partial charge in [-0.2, -0.15) is 0 Å². The number of benzene rings is 2. The Morgan fingerprint density at radius 3 is 2.58 bits per heavy atom. The van der Waals surface area contributed by atoms with Gasteiger partial charge in [-0.15, -0.1) is 0 Å². The average molecular weight is 678 g/mol. The minimum absolute atomic E-state index is 0.0185. The quantitative estimate of drug-likeness (QED) is 0.106. The Kier molecular flexibility index (Phi) is 7.69. The van der Waals surface area contributed by atoms with Crippen LogP contribution in [-0.2, 0) is 20.4 Å². The molecule has 48 heavy (non-hydrogen) atoms. The van der Waals surface area contributed by atoms with Crippen molar-refractivity contribution in [1.29, 1.82) is 0 Å². The van der Waals surface area contributed by atoms with Crippen LogP contribution < -0.4 is 26.3 Å². The summed E-state index contributed by atoms with van der Waals surface area (Å²) in [5.41, 5.74) is 11.8. The Morgan fingerprint density at radius 1 is 1.21 bits per heavy atom. The standard InChI is InChI=1S/C35H34ClF2N5O5/c1-33(32(40)46)17-47-30-23(33)13-27(43-29(30)18-2-7-25(37)24(36)11-18)34(16-44,21-3-4-21)15-41-31(45)19-10-20(14-42-35(38)8-9-35)28(39)26(12-19)48-22-5-6-22/h2,7,10-14,16,21-22H,3-6,8-9,15,17,39H2,1H3,(H2,40,46)(H,41,45)/b42-14+/t33-,34+/m0/s1. The van der Waals surface area contributed by atoms with E-state index in [1.165, 1.54) is 36.5 Å². The SMILES string of the molecule is C[C@]1(C(N)=O)COc2c1cc([C@@](C=O)(CNC(=O)c1cc(/C=N/C3(F)CC3)c(N)c(OC3CC3)c1)C1CC1)nc2-c1ccc(F)c(Cl)c1. The van der Waals surface area contributed by atoms with E-state index < -0.39 is 34.3 Å². The molecule has 2 heterocycles. The summed E-state index contributed by atoms with van der Waals surface area (Å²) in [4.78, 5) is 48.5. The topological polar surface area (TPSA) is 159 Å². The van der Waals surface area contributed by atoms with E-state index >= 15 is 0 Å². The minimum Gasteiger partial charge on any atom is -0.489 e. The highest BCUT2D eigenvalue weighted by Crippen LogP contribution is 2.50. The van der Waals surface area contributed by atoms with Gasteiger partial charge in [0, 0.05) is 47.9 Å². The third-order valence-corrected chi connectivity index (χ3v) is 9.99. The molecule has 0 spiro atoms. The van der Waals surface area contributed by atoms with E-state index in [4.69, 9.17) is 37.5 Å². The molecule has 1 aromatic heterocycles. The molecular weight excluding hydrogens is 644 g/mol. The van der Waals surface area contributed by atoms with Crippen LogP contribution >= 0.6 is 11.6 Å². The van der Waals surface area contributed by atoms with Crippen LogP contribution in [0.1, 0.15) is 72.6 Å². The molecule has 10 nitrogen and oxygen atoms in total. The summed E-state index contributed by atoms with van der Waals surface area (Å²) in [6, 6.07) is 8.76. The first-order chi connectivity index (χ1) is 22.9. The van der Waals surface area contributed by atoms with Crippen molar-refractivity contribution in [2.24, 2.45) is 16.6 Å². The van der Waals surface area contributed by atoms with E-state index in [1.807, 2.05) is 0 Å². The summed E-state index contributed by atoms with van der Waals surface area (Å²) in [6.07, 6.45) is 5.83. The van der Waals surface area contributed by atoms with E-state index in [0.29, 0.717) is 53.8 Å². The van der Waals surface area contributed by atoms with Gasteiger partial charge in [0.15, 0.2) is 5.79 Å². The van der Waals surface area contributed by atoms with Crippen molar-refractivity contribution in [3.8, 4) is 22.8 Å². The molecule has 3 aliphatic carbocycles. The first-order valence-corrected chi connectivity index (χ1v) is 16.3. The molecule has 3 aromatic rings. The lowest BCUT2D eigenvalue weighted by atomic mass is 9.76. The number of nitrogens with one attached hydrogen (secondary N) is 1. The van der Waals surface area contributed by atoms with Crippen LogP contribution in [0.15, 0.2) is 41.4 Å². The zero-order valence-electron chi connectivity index (χ0n) is 26.2. The van der Waals surface area contributed by atoms with Crippen LogP contribution in [-0.4, -0.2) is 54.3 Å². The molecular formula is C35H34ClF2N5O5. The van der Waals surface area contributed by atoms with Gasteiger partial charge in [0.2, 0.25) is 5.91 Å². The van der Waals surface area contributed by atoms with E-state index in [-0.39, 0.29) is 52.9 Å². The lowest BCUT2D eigenvalue weighted by molar-refractivity contribution is -0.123. The van der Waals surface area contributed by atoms with Crippen LogP contribution in [0, 0.1) is 11.7 Å². The van der Waals surface area contributed by atoms with E-state index in [2.05, 4.69) is 10.3 Å². The number of carbonyl (C=O) groups excluding carboxylic acids is 3. The highest BCUT2D eigenvalue weighted by molar-refractivity contribution is 6.31. The predicted molar refractivity (Wildman–Crippen MR) is 175 cm³/mol. The Bertz CT molecular complexity index is 1890. The second-order valence-electron chi connectivity index (χ2n) is 13.4. The number of nitrogen functional groups attached to an aromatic ring is 1. The first kappa shape index (κ1) is 32.0. The van der Waals surface area contributed by atoms with Crippen LogP contribution in [0.25, 0.3) is 11.3 Å². The maximum atomic E-state index is 14.3. The predicted octanol–water partition coefficient (Wildman–Crippen LogP) is 4.96. The summed E-state index contributed by atoms with van der Waals surface area (Å²) in [5.74, 6) is -2.99. The lowest BCUT2D eigenvalue weighted by Crippen LogP contribution is -2.45. The van der Waals surface area contributed by atoms with Gasteiger partial charge in [0.25, 0.3) is 5.91 Å². The number of halogens is 3. The molecule has 2 atom stereocenters.